The number of benzene rings is 3. The molecule has 0 aromatic heterocycles. The largest absolute Gasteiger partial charge is 0.508 e. The van der Waals surface area contributed by atoms with Crippen molar-refractivity contribution >= 4 is 17.1 Å². The highest BCUT2D eigenvalue weighted by molar-refractivity contribution is 5.99. The number of rotatable bonds is 8. The van der Waals surface area contributed by atoms with Crippen molar-refractivity contribution in [2.24, 2.45) is 0 Å². The van der Waals surface area contributed by atoms with Crippen molar-refractivity contribution < 1.29 is 29.6 Å². The van der Waals surface area contributed by atoms with Gasteiger partial charge in [-0.2, -0.15) is 0 Å². The van der Waals surface area contributed by atoms with E-state index >= 15 is 0 Å². The first-order chi connectivity index (χ1) is 14.9. The quantitative estimate of drug-likeness (QED) is 0.447. The van der Waals surface area contributed by atoms with Crippen LogP contribution >= 0.6 is 0 Å². The van der Waals surface area contributed by atoms with Crippen molar-refractivity contribution in [3.63, 3.8) is 0 Å². The summed E-state index contributed by atoms with van der Waals surface area (Å²) in [6, 6.07) is 19.2. The van der Waals surface area contributed by atoms with E-state index in [1.165, 1.54) is 7.11 Å². The summed E-state index contributed by atoms with van der Waals surface area (Å²) in [6.45, 7) is 1.55. The van der Waals surface area contributed by atoms with E-state index in [9.17, 15) is 15.0 Å². The van der Waals surface area contributed by atoms with E-state index in [0.717, 1.165) is 27.8 Å². The molecule has 0 aliphatic carbocycles. The second-order valence-electron chi connectivity index (χ2n) is 6.85. The van der Waals surface area contributed by atoms with E-state index in [2.05, 4.69) is 0 Å². The van der Waals surface area contributed by atoms with Crippen molar-refractivity contribution in [2.75, 3.05) is 13.7 Å². The molecule has 0 amide bonds. The number of aliphatic carboxylic acids is 1. The minimum absolute atomic E-state index is 0.167. The van der Waals surface area contributed by atoms with Gasteiger partial charge in [-0.05, 0) is 70.7 Å². The Morgan fingerprint density at radius 1 is 0.806 bits per heavy atom. The highest BCUT2D eigenvalue weighted by Crippen LogP contribution is 2.38. The van der Waals surface area contributed by atoms with Gasteiger partial charge in [0.05, 0.1) is 7.11 Å². The number of carbonyl (C=O) groups is 1. The van der Waals surface area contributed by atoms with Crippen LogP contribution in [0.3, 0.4) is 0 Å². The van der Waals surface area contributed by atoms with Gasteiger partial charge in [0.25, 0.3) is 0 Å². The van der Waals surface area contributed by atoms with Crippen molar-refractivity contribution in [2.45, 2.75) is 13.3 Å². The summed E-state index contributed by atoms with van der Waals surface area (Å²) in [7, 11) is 1.50. The predicted molar refractivity (Wildman–Crippen MR) is 119 cm³/mol. The van der Waals surface area contributed by atoms with E-state index in [1.54, 1.807) is 36.4 Å². The third kappa shape index (κ3) is 5.17. The Bertz CT molecular complexity index is 1030. The molecule has 0 atom stereocenters. The number of hydrogen-bond donors (Lipinski definition) is 3. The number of allylic oxidation sites excluding steroid dienone is 1. The van der Waals surface area contributed by atoms with Crippen LogP contribution in [-0.2, 0) is 4.79 Å². The summed E-state index contributed by atoms with van der Waals surface area (Å²) in [5, 5.41) is 28.4. The fraction of sp³-hybridized carbons (Fsp3) is 0.160. The molecule has 6 nitrogen and oxygen atoms in total. The lowest BCUT2D eigenvalue weighted by molar-refractivity contribution is -0.139. The van der Waals surface area contributed by atoms with Gasteiger partial charge in [-0.3, -0.25) is 0 Å². The summed E-state index contributed by atoms with van der Waals surface area (Å²) >= 11 is 0. The Kier molecular flexibility index (Phi) is 6.82. The van der Waals surface area contributed by atoms with Gasteiger partial charge in [0.2, 0.25) is 0 Å². The Hall–Kier alpha value is -3.93. The summed E-state index contributed by atoms with van der Waals surface area (Å²) < 4.78 is 10.7. The molecular formula is C25H24O6. The number of aromatic hydroxyl groups is 2. The number of ether oxygens (including phenoxy) is 2. The second kappa shape index (κ2) is 9.71. The first kappa shape index (κ1) is 21.8. The van der Waals surface area contributed by atoms with Gasteiger partial charge in [-0.1, -0.05) is 37.3 Å². The Morgan fingerprint density at radius 3 is 1.77 bits per heavy atom. The lowest BCUT2D eigenvalue weighted by Gasteiger charge is -2.18. The van der Waals surface area contributed by atoms with Crippen LogP contribution in [0, 0.1) is 0 Å². The first-order valence-electron chi connectivity index (χ1n) is 9.78. The molecule has 3 rings (SSSR count). The van der Waals surface area contributed by atoms with Crippen molar-refractivity contribution in [3.8, 4) is 23.0 Å². The number of hydrogen-bond acceptors (Lipinski definition) is 5. The Morgan fingerprint density at radius 2 is 1.32 bits per heavy atom. The lowest BCUT2D eigenvalue weighted by Crippen LogP contribution is -2.10. The molecule has 0 aliphatic heterocycles. The van der Waals surface area contributed by atoms with Crippen molar-refractivity contribution in [1.29, 1.82) is 0 Å². The molecule has 160 valence electrons. The van der Waals surface area contributed by atoms with E-state index in [-0.39, 0.29) is 11.5 Å². The molecule has 0 bridgehead atoms. The molecule has 0 radical (unpaired) electrons. The Balaban J connectivity index is 2.21. The molecule has 3 aromatic rings. The van der Waals surface area contributed by atoms with Crippen molar-refractivity contribution in [1.82, 2.24) is 0 Å². The normalized spacial score (nSPS) is 10.4. The number of carboxylic acid groups (broad SMARTS) is 1. The summed E-state index contributed by atoms with van der Waals surface area (Å²) in [4.78, 5) is 11.0. The molecule has 0 spiro atoms. The smallest absolute Gasteiger partial charge is 0.341 e. The third-order valence-corrected chi connectivity index (χ3v) is 4.83. The molecular weight excluding hydrogens is 396 g/mol. The molecule has 3 aromatic carbocycles. The highest BCUT2D eigenvalue weighted by atomic mass is 16.5. The molecule has 0 fully saturated rings. The maximum atomic E-state index is 11.0. The number of phenols is 2. The van der Waals surface area contributed by atoms with Gasteiger partial charge < -0.3 is 24.8 Å². The molecule has 0 saturated carbocycles. The van der Waals surface area contributed by atoms with Crippen LogP contribution < -0.4 is 9.47 Å². The number of methoxy groups -OCH3 is 1. The number of phenolic OH excluding ortho intramolecular Hbond substituents is 2. The van der Waals surface area contributed by atoms with Crippen LogP contribution in [0.4, 0.5) is 0 Å². The Labute approximate surface area is 180 Å². The second-order valence-corrected chi connectivity index (χ2v) is 6.85. The third-order valence-electron chi connectivity index (χ3n) is 4.83. The summed E-state index contributed by atoms with van der Waals surface area (Å²) in [6.07, 6.45) is 0.668. The molecule has 0 aliphatic rings. The van der Waals surface area contributed by atoms with Crippen LogP contribution in [0.1, 0.15) is 30.0 Å². The van der Waals surface area contributed by atoms with Gasteiger partial charge in [0.15, 0.2) is 18.1 Å². The zero-order chi connectivity index (χ0) is 22.4. The maximum Gasteiger partial charge on any atom is 0.341 e. The van der Waals surface area contributed by atoms with Crippen LogP contribution in [-0.4, -0.2) is 35.0 Å². The van der Waals surface area contributed by atoms with Gasteiger partial charge >= 0.3 is 5.97 Å². The first-order valence-corrected chi connectivity index (χ1v) is 9.78. The zero-order valence-corrected chi connectivity index (χ0v) is 17.3. The number of carboxylic acids is 1. The van der Waals surface area contributed by atoms with Crippen molar-refractivity contribution in [3.05, 3.63) is 83.4 Å². The van der Waals surface area contributed by atoms with Gasteiger partial charge in [0, 0.05) is 0 Å². The fourth-order valence-electron chi connectivity index (χ4n) is 3.41. The monoisotopic (exact) mass is 420 g/mol. The predicted octanol–water partition coefficient (Wildman–Crippen LogP) is 4.94. The SMILES string of the molecule is CCC(=C(c1ccc(O)cc1)c1ccc(O)cc1)c1ccc(OC)c(OCC(=O)O)c1. The van der Waals surface area contributed by atoms with Crippen LogP contribution in [0.15, 0.2) is 66.7 Å². The molecule has 0 unspecified atom stereocenters. The highest BCUT2D eigenvalue weighted by Gasteiger charge is 2.16. The summed E-state index contributed by atoms with van der Waals surface area (Å²) in [5.41, 5.74) is 4.55. The minimum atomic E-state index is -1.08. The minimum Gasteiger partial charge on any atom is -0.508 e. The van der Waals surface area contributed by atoms with Crippen LogP contribution in [0.25, 0.3) is 11.1 Å². The van der Waals surface area contributed by atoms with Gasteiger partial charge in [-0.25, -0.2) is 4.79 Å². The van der Waals surface area contributed by atoms with E-state index in [1.807, 2.05) is 37.3 Å². The molecule has 0 saturated heterocycles. The average molecular weight is 420 g/mol. The zero-order valence-electron chi connectivity index (χ0n) is 17.3. The molecule has 3 N–H and O–H groups in total. The van der Waals surface area contributed by atoms with Gasteiger partial charge in [0.1, 0.15) is 11.5 Å². The van der Waals surface area contributed by atoms with Crippen LogP contribution in [0.5, 0.6) is 23.0 Å². The molecule has 31 heavy (non-hydrogen) atoms. The molecule has 6 heteroatoms. The van der Waals surface area contributed by atoms with E-state index < -0.39 is 12.6 Å². The maximum absolute atomic E-state index is 11.0. The standard InChI is InChI=1S/C25H24O6/c1-3-21(18-8-13-22(30-2)23(14-18)31-15-24(28)29)25(16-4-9-19(26)10-5-16)17-6-11-20(27)12-7-17/h4-14,26-27H,3,15H2,1-2H3,(H,28,29). The lowest BCUT2D eigenvalue weighted by atomic mass is 9.88. The summed E-state index contributed by atoms with van der Waals surface area (Å²) in [5.74, 6) is 0.0364. The van der Waals surface area contributed by atoms with E-state index in [4.69, 9.17) is 14.6 Å². The molecule has 0 heterocycles. The van der Waals surface area contributed by atoms with Crippen LogP contribution in [0.2, 0.25) is 0 Å². The van der Waals surface area contributed by atoms with Gasteiger partial charge in [-0.15, -0.1) is 0 Å². The topological polar surface area (TPSA) is 96.2 Å². The van der Waals surface area contributed by atoms with E-state index in [0.29, 0.717) is 17.9 Å². The average Bonchev–Trinajstić information content (AvgIpc) is 2.77. The fourth-order valence-corrected chi connectivity index (χ4v) is 3.41.